The third kappa shape index (κ3) is 5.19. The molecule has 216 valence electrons. The van der Waals surface area contributed by atoms with Gasteiger partial charge in [0.1, 0.15) is 23.3 Å². The van der Waals surface area contributed by atoms with E-state index in [0.29, 0.717) is 67.1 Å². The van der Waals surface area contributed by atoms with Gasteiger partial charge < -0.3 is 19.2 Å². The fraction of sp³-hybridized carbons (Fsp3) is 0.226. The van der Waals surface area contributed by atoms with E-state index in [1.807, 2.05) is 32.0 Å². The Kier molecular flexibility index (Phi) is 8.20. The molecule has 0 saturated carbocycles. The van der Waals surface area contributed by atoms with Crippen molar-refractivity contribution in [2.24, 2.45) is 4.99 Å². The molecule has 0 radical (unpaired) electrons. The molecular formula is C31H28ClN3O6S. The number of carboxylic acid groups (broad SMARTS) is 1. The Morgan fingerprint density at radius 3 is 2.60 bits per heavy atom. The van der Waals surface area contributed by atoms with Crippen LogP contribution in [0.4, 0.5) is 0 Å². The van der Waals surface area contributed by atoms with Crippen LogP contribution in [0.25, 0.3) is 17.4 Å². The number of aromatic nitrogens is 1. The Balaban J connectivity index is 1.66. The number of benzene rings is 2. The lowest BCUT2D eigenvalue weighted by atomic mass is 9.94. The van der Waals surface area contributed by atoms with Crippen molar-refractivity contribution in [1.29, 1.82) is 0 Å². The number of carbonyl (C=O) groups is 2. The first kappa shape index (κ1) is 29.1. The number of carbonyl (C=O) groups excluding carboxylic acids is 1. The number of nitrogens with zero attached hydrogens (tertiary/aromatic N) is 3. The average Bonchev–Trinajstić information content (AvgIpc) is 3.56. The summed E-state index contributed by atoms with van der Waals surface area (Å²) in [5.74, 6) is 0.00271. The molecule has 1 aliphatic rings. The molecule has 0 unspecified atom stereocenters. The Labute approximate surface area is 250 Å². The number of para-hydroxylation sites is 1. The van der Waals surface area contributed by atoms with Crippen LogP contribution >= 0.6 is 22.9 Å². The lowest BCUT2D eigenvalue weighted by Crippen LogP contribution is -2.43. The topological polar surface area (TPSA) is 114 Å². The summed E-state index contributed by atoms with van der Waals surface area (Å²) in [4.78, 5) is 46.1. The highest BCUT2D eigenvalue weighted by Crippen LogP contribution is 2.36. The second kappa shape index (κ2) is 11.8. The van der Waals surface area contributed by atoms with Gasteiger partial charge in [0.25, 0.3) is 11.5 Å². The Morgan fingerprint density at radius 1 is 1.17 bits per heavy atom. The van der Waals surface area contributed by atoms with E-state index in [2.05, 4.69) is 0 Å². The third-order valence-corrected chi connectivity index (χ3v) is 8.43. The van der Waals surface area contributed by atoms with Crippen LogP contribution < -0.4 is 19.6 Å². The highest BCUT2D eigenvalue weighted by Gasteiger charge is 2.35. The second-order valence-electron chi connectivity index (χ2n) is 9.50. The first-order valence-electron chi connectivity index (χ1n) is 13.3. The van der Waals surface area contributed by atoms with Crippen LogP contribution in [0, 0.1) is 0 Å². The molecule has 2 aromatic carbocycles. The van der Waals surface area contributed by atoms with Crippen molar-refractivity contribution in [3.63, 3.8) is 0 Å². The average molecular weight is 606 g/mol. The smallest absolute Gasteiger partial charge is 0.335 e. The number of fused-ring (bicyclic) bond motifs is 1. The van der Waals surface area contributed by atoms with Gasteiger partial charge in [0.15, 0.2) is 4.80 Å². The minimum absolute atomic E-state index is 0.0717. The zero-order valence-electron chi connectivity index (χ0n) is 23.4. The van der Waals surface area contributed by atoms with E-state index >= 15 is 0 Å². The zero-order chi connectivity index (χ0) is 30.1. The number of carboxylic acids is 1. The predicted molar refractivity (Wildman–Crippen MR) is 161 cm³/mol. The molecule has 0 bridgehead atoms. The molecule has 1 N–H and O–H groups in total. The molecule has 4 aromatic rings. The number of thiazole rings is 1. The summed E-state index contributed by atoms with van der Waals surface area (Å²) in [6.07, 6.45) is 1.60. The van der Waals surface area contributed by atoms with E-state index in [1.54, 1.807) is 43.2 Å². The van der Waals surface area contributed by atoms with Crippen LogP contribution in [0.3, 0.4) is 0 Å². The highest BCUT2D eigenvalue weighted by atomic mass is 35.5. The molecule has 0 spiro atoms. The number of ether oxygens (including phenoxy) is 1. The molecule has 42 heavy (non-hydrogen) atoms. The van der Waals surface area contributed by atoms with Gasteiger partial charge in [0, 0.05) is 30.3 Å². The second-order valence-corrected chi connectivity index (χ2v) is 10.9. The van der Waals surface area contributed by atoms with Crippen LogP contribution in [-0.4, -0.2) is 46.6 Å². The van der Waals surface area contributed by atoms with E-state index in [-0.39, 0.29) is 17.0 Å². The van der Waals surface area contributed by atoms with Gasteiger partial charge in [-0.1, -0.05) is 41.1 Å². The standard InChI is InChI=1S/C31H28ClN3O6S/c1-5-34(6-2)29(37)26-17(3)33-31-35(27(26)20-9-7-8-10-23(20)40-4)28(36)25(42-31)16-19-12-14-24(41-19)21-15-18(30(38)39)11-13-22(21)32/h7-16,27H,5-6H2,1-4H3,(H,38,39)/b25-16+/t27-/m1/s1. The number of amides is 1. The molecule has 1 amide bonds. The van der Waals surface area contributed by atoms with E-state index < -0.39 is 12.0 Å². The maximum absolute atomic E-state index is 14.0. The summed E-state index contributed by atoms with van der Waals surface area (Å²) in [5, 5.41) is 9.70. The quantitative estimate of drug-likeness (QED) is 0.311. The van der Waals surface area contributed by atoms with Crippen LogP contribution in [0.2, 0.25) is 5.02 Å². The molecule has 0 saturated heterocycles. The van der Waals surface area contributed by atoms with Gasteiger partial charge in [-0.25, -0.2) is 9.79 Å². The van der Waals surface area contributed by atoms with Crippen molar-refractivity contribution in [2.75, 3.05) is 20.2 Å². The van der Waals surface area contributed by atoms with E-state index in [4.69, 9.17) is 25.7 Å². The number of rotatable bonds is 8. The fourth-order valence-corrected chi connectivity index (χ4v) is 6.25. The molecule has 5 rings (SSSR count). The molecule has 3 heterocycles. The molecule has 11 heteroatoms. The monoisotopic (exact) mass is 605 g/mol. The lowest BCUT2D eigenvalue weighted by molar-refractivity contribution is -0.127. The van der Waals surface area contributed by atoms with Crippen molar-refractivity contribution < 1.29 is 23.8 Å². The first-order chi connectivity index (χ1) is 20.2. The number of aromatic carboxylic acids is 1. The maximum Gasteiger partial charge on any atom is 0.335 e. The molecule has 2 aromatic heterocycles. The van der Waals surface area contributed by atoms with E-state index in [1.165, 1.54) is 34.1 Å². The number of allylic oxidation sites excluding steroid dienone is 1. The minimum atomic E-state index is -1.08. The lowest BCUT2D eigenvalue weighted by Gasteiger charge is -2.29. The molecular weight excluding hydrogens is 578 g/mol. The fourth-order valence-electron chi connectivity index (χ4n) is 5.01. The van der Waals surface area contributed by atoms with E-state index in [9.17, 15) is 19.5 Å². The molecule has 0 fully saturated rings. The van der Waals surface area contributed by atoms with Gasteiger partial charge in [-0.05, 0) is 57.2 Å². The van der Waals surface area contributed by atoms with Crippen molar-refractivity contribution >= 4 is 40.9 Å². The van der Waals surface area contributed by atoms with Crippen LogP contribution in [0.15, 0.2) is 80.1 Å². The third-order valence-electron chi connectivity index (χ3n) is 7.12. The first-order valence-corrected chi connectivity index (χ1v) is 14.5. The summed E-state index contributed by atoms with van der Waals surface area (Å²) in [7, 11) is 1.55. The van der Waals surface area contributed by atoms with Crippen molar-refractivity contribution in [3.05, 3.63) is 107 Å². The summed E-state index contributed by atoms with van der Waals surface area (Å²) in [6.45, 7) is 6.62. The van der Waals surface area contributed by atoms with Gasteiger partial charge in [0.05, 0.1) is 33.5 Å². The zero-order valence-corrected chi connectivity index (χ0v) is 25.0. The molecule has 1 atom stereocenters. The van der Waals surface area contributed by atoms with Gasteiger partial charge in [-0.3, -0.25) is 14.2 Å². The van der Waals surface area contributed by atoms with Crippen LogP contribution in [0.5, 0.6) is 5.75 Å². The highest BCUT2D eigenvalue weighted by molar-refractivity contribution is 7.07. The Hall–Kier alpha value is -4.41. The summed E-state index contributed by atoms with van der Waals surface area (Å²) >= 11 is 7.51. The minimum Gasteiger partial charge on any atom is -0.496 e. The van der Waals surface area contributed by atoms with Crippen LogP contribution in [0.1, 0.15) is 48.5 Å². The summed E-state index contributed by atoms with van der Waals surface area (Å²) in [5.41, 5.74) is 1.77. The number of halogens is 1. The van der Waals surface area contributed by atoms with Crippen LogP contribution in [-0.2, 0) is 4.79 Å². The molecule has 0 aliphatic carbocycles. The maximum atomic E-state index is 14.0. The van der Waals surface area contributed by atoms with E-state index in [0.717, 1.165) is 0 Å². The largest absolute Gasteiger partial charge is 0.496 e. The SMILES string of the molecule is CCN(CC)C(=O)C1=C(C)N=c2s/c(=C/c3ccc(-c4cc(C(=O)O)ccc4Cl)o3)c(=O)n2[C@@H]1c1ccccc1OC. The Morgan fingerprint density at radius 2 is 1.90 bits per heavy atom. The number of furan rings is 1. The van der Waals surface area contributed by atoms with Crippen molar-refractivity contribution in [3.8, 4) is 17.1 Å². The predicted octanol–water partition coefficient (Wildman–Crippen LogP) is 4.72. The number of hydrogen-bond acceptors (Lipinski definition) is 7. The van der Waals surface area contributed by atoms with Crippen molar-refractivity contribution in [2.45, 2.75) is 26.8 Å². The van der Waals surface area contributed by atoms with Gasteiger partial charge in [0.2, 0.25) is 0 Å². The number of methoxy groups -OCH3 is 1. The number of likely N-dealkylation sites (N-methyl/N-ethyl adjacent to an activating group) is 1. The van der Waals surface area contributed by atoms with Crippen molar-refractivity contribution in [1.82, 2.24) is 9.47 Å². The number of hydrogen-bond donors (Lipinski definition) is 1. The summed E-state index contributed by atoms with van der Waals surface area (Å²) < 4.78 is 13.5. The van der Waals surface area contributed by atoms with Gasteiger partial charge in [-0.2, -0.15) is 0 Å². The normalized spacial score (nSPS) is 14.9. The Bertz CT molecular complexity index is 1910. The van der Waals surface area contributed by atoms with Gasteiger partial charge in [-0.15, -0.1) is 0 Å². The molecule has 1 aliphatic heterocycles. The van der Waals surface area contributed by atoms with Gasteiger partial charge >= 0.3 is 5.97 Å². The molecule has 9 nitrogen and oxygen atoms in total. The summed E-state index contributed by atoms with van der Waals surface area (Å²) in [6, 6.07) is 14.3.